The van der Waals surface area contributed by atoms with Gasteiger partial charge in [-0.1, -0.05) is 0 Å². The highest BCUT2D eigenvalue weighted by molar-refractivity contribution is 14.2. The zero-order valence-electron chi connectivity index (χ0n) is 14.0. The van der Waals surface area contributed by atoms with E-state index in [0.29, 0.717) is 0 Å². The molecule has 3 aromatic rings. The number of pyridine rings is 2. The fourth-order valence-corrected chi connectivity index (χ4v) is 4.81. The molecule has 0 radical (unpaired) electrons. The third kappa shape index (κ3) is 3.08. The molecule has 130 valence electrons. The van der Waals surface area contributed by atoms with Gasteiger partial charge >= 0.3 is 0 Å². The van der Waals surface area contributed by atoms with Crippen LogP contribution in [0.15, 0.2) is 41.6 Å². The highest BCUT2D eigenvalue weighted by Gasteiger charge is 2.15. The van der Waals surface area contributed by atoms with E-state index in [1.807, 2.05) is 28.6 Å². The number of fused-ring (bicyclic) bond motifs is 1. The van der Waals surface area contributed by atoms with Gasteiger partial charge in [0.25, 0.3) is 5.56 Å². The Hall–Kier alpha value is -1.48. The standard InChI is InChI=1S/C18H19IN4OS/c1-21-12-15(14-7-10-23(25-19)17(14)18(21)24)13-5-6-16(20-11-13)22-8-3-2-4-9-22/h5-7,10-12H,2-4,8-9H2,1H3. The number of nitrogens with zero attached hydrogens (tertiary/aromatic N) is 4. The number of anilines is 1. The van der Waals surface area contributed by atoms with Crippen LogP contribution in [-0.4, -0.2) is 26.6 Å². The lowest BCUT2D eigenvalue weighted by molar-refractivity contribution is 0.573. The van der Waals surface area contributed by atoms with Gasteiger partial charge in [-0.3, -0.25) is 8.77 Å². The summed E-state index contributed by atoms with van der Waals surface area (Å²) in [6, 6.07) is 6.22. The van der Waals surface area contributed by atoms with E-state index in [0.717, 1.165) is 40.9 Å². The average molecular weight is 466 g/mol. The molecule has 3 aromatic heterocycles. The molecular formula is C18H19IN4OS. The van der Waals surface area contributed by atoms with Crippen molar-refractivity contribution in [2.45, 2.75) is 19.3 Å². The first-order valence-corrected chi connectivity index (χ1v) is 11.7. The Morgan fingerprint density at radius 1 is 1.16 bits per heavy atom. The van der Waals surface area contributed by atoms with Crippen LogP contribution in [0.3, 0.4) is 0 Å². The molecule has 25 heavy (non-hydrogen) atoms. The maximum absolute atomic E-state index is 12.5. The minimum Gasteiger partial charge on any atom is -0.357 e. The second-order valence-electron chi connectivity index (χ2n) is 6.38. The van der Waals surface area contributed by atoms with Crippen molar-refractivity contribution < 1.29 is 0 Å². The number of piperidine rings is 1. The van der Waals surface area contributed by atoms with Gasteiger partial charge in [-0.15, -0.1) is 0 Å². The molecule has 1 aliphatic heterocycles. The molecule has 0 aromatic carbocycles. The first kappa shape index (κ1) is 17.0. The molecule has 0 spiro atoms. The van der Waals surface area contributed by atoms with Crippen LogP contribution >= 0.6 is 30.3 Å². The predicted molar refractivity (Wildman–Crippen MR) is 113 cm³/mol. The largest absolute Gasteiger partial charge is 0.357 e. The maximum Gasteiger partial charge on any atom is 0.275 e. The number of rotatable bonds is 3. The van der Waals surface area contributed by atoms with Crippen LogP contribution in [0.2, 0.25) is 0 Å². The van der Waals surface area contributed by atoms with Gasteiger partial charge in [0.2, 0.25) is 0 Å². The molecule has 1 fully saturated rings. The smallest absolute Gasteiger partial charge is 0.275 e. The monoisotopic (exact) mass is 466 g/mol. The molecule has 4 rings (SSSR count). The third-order valence-electron chi connectivity index (χ3n) is 4.80. The third-order valence-corrected chi connectivity index (χ3v) is 6.53. The quantitative estimate of drug-likeness (QED) is 0.542. The topological polar surface area (TPSA) is 43.1 Å². The molecule has 7 heteroatoms. The van der Waals surface area contributed by atoms with Crippen molar-refractivity contribution in [1.29, 1.82) is 0 Å². The van der Waals surface area contributed by atoms with Crippen LogP contribution < -0.4 is 10.5 Å². The number of halogens is 1. The van der Waals surface area contributed by atoms with Crippen LogP contribution in [0.1, 0.15) is 19.3 Å². The van der Waals surface area contributed by atoms with E-state index < -0.39 is 0 Å². The highest BCUT2D eigenvalue weighted by atomic mass is 127. The molecule has 0 aliphatic carbocycles. The van der Waals surface area contributed by atoms with Crippen molar-refractivity contribution in [2.24, 2.45) is 7.05 Å². The molecule has 0 N–H and O–H groups in total. The SMILES string of the molecule is Cn1cc(-c2ccc(N3CCCCC3)nc2)c2ccn(SI)c2c1=O. The summed E-state index contributed by atoms with van der Waals surface area (Å²) in [6.45, 7) is 2.18. The summed E-state index contributed by atoms with van der Waals surface area (Å²) in [6.07, 6.45) is 9.58. The molecule has 5 nitrogen and oxygen atoms in total. The fourth-order valence-electron chi connectivity index (χ4n) is 3.47. The second kappa shape index (κ2) is 7.03. The summed E-state index contributed by atoms with van der Waals surface area (Å²) in [5.41, 5.74) is 2.82. The summed E-state index contributed by atoms with van der Waals surface area (Å²) in [5.74, 6) is 1.05. The number of hydrogen-bond donors (Lipinski definition) is 0. The molecule has 0 bridgehead atoms. The maximum atomic E-state index is 12.5. The van der Waals surface area contributed by atoms with E-state index in [4.69, 9.17) is 0 Å². The lowest BCUT2D eigenvalue weighted by Crippen LogP contribution is -2.29. The van der Waals surface area contributed by atoms with Gasteiger partial charge in [0.15, 0.2) is 0 Å². The van der Waals surface area contributed by atoms with Crippen LogP contribution in [0, 0.1) is 0 Å². The Morgan fingerprint density at radius 3 is 2.64 bits per heavy atom. The lowest BCUT2D eigenvalue weighted by Gasteiger charge is -2.27. The molecule has 4 heterocycles. The van der Waals surface area contributed by atoms with Crippen molar-refractivity contribution >= 4 is 47.0 Å². The van der Waals surface area contributed by atoms with E-state index in [1.54, 1.807) is 11.6 Å². The Kier molecular flexibility index (Phi) is 4.77. The Morgan fingerprint density at radius 2 is 1.96 bits per heavy atom. The van der Waals surface area contributed by atoms with Gasteiger partial charge < -0.3 is 9.47 Å². The summed E-state index contributed by atoms with van der Waals surface area (Å²) in [7, 11) is 3.31. The van der Waals surface area contributed by atoms with E-state index in [9.17, 15) is 4.79 Å². The molecular weight excluding hydrogens is 447 g/mol. The summed E-state index contributed by atoms with van der Waals surface area (Å²) in [5, 5.41) is 0.972. The highest BCUT2D eigenvalue weighted by Crippen LogP contribution is 2.31. The first-order valence-electron chi connectivity index (χ1n) is 8.40. The van der Waals surface area contributed by atoms with Crippen molar-refractivity contribution in [3.05, 3.63) is 47.1 Å². The van der Waals surface area contributed by atoms with Gasteiger partial charge in [-0.25, -0.2) is 4.98 Å². The molecule has 0 amide bonds. The lowest BCUT2D eigenvalue weighted by atomic mass is 10.1. The van der Waals surface area contributed by atoms with Gasteiger partial charge in [-0.05, 0) is 37.5 Å². The predicted octanol–water partition coefficient (Wildman–Crippen LogP) is 4.24. The first-order chi connectivity index (χ1) is 12.2. The summed E-state index contributed by atoms with van der Waals surface area (Å²) < 4.78 is 3.57. The van der Waals surface area contributed by atoms with Crippen LogP contribution in [0.5, 0.6) is 0 Å². The molecule has 0 saturated carbocycles. The van der Waals surface area contributed by atoms with Crippen molar-refractivity contribution in [3.8, 4) is 11.1 Å². The number of hydrogen-bond acceptors (Lipinski definition) is 4. The van der Waals surface area contributed by atoms with Gasteiger partial charge in [0.05, 0.1) is 0 Å². The van der Waals surface area contributed by atoms with Gasteiger partial charge in [-0.2, -0.15) is 0 Å². The van der Waals surface area contributed by atoms with Crippen LogP contribution in [0.4, 0.5) is 5.82 Å². The average Bonchev–Trinajstić information content (AvgIpc) is 3.10. The summed E-state index contributed by atoms with van der Waals surface area (Å²) in [4.78, 5) is 19.6. The summed E-state index contributed by atoms with van der Waals surface area (Å²) >= 11 is 2.20. The van der Waals surface area contributed by atoms with E-state index in [-0.39, 0.29) is 5.56 Å². The molecule has 0 atom stereocenters. The van der Waals surface area contributed by atoms with Crippen molar-refractivity contribution in [1.82, 2.24) is 13.5 Å². The molecule has 1 aliphatic rings. The second-order valence-corrected chi connectivity index (χ2v) is 8.10. The Labute approximate surface area is 162 Å². The zero-order valence-corrected chi connectivity index (χ0v) is 17.0. The Bertz CT molecular complexity index is 958. The van der Waals surface area contributed by atoms with E-state index in [1.165, 1.54) is 28.4 Å². The van der Waals surface area contributed by atoms with Gasteiger partial charge in [0, 0.05) is 85.6 Å². The molecule has 0 unspecified atom stereocenters. The van der Waals surface area contributed by atoms with Crippen molar-refractivity contribution in [2.75, 3.05) is 18.0 Å². The minimum atomic E-state index is 0.0193. The fraction of sp³-hybridized carbons (Fsp3) is 0.333. The van der Waals surface area contributed by atoms with Crippen LogP contribution in [0.25, 0.3) is 22.0 Å². The zero-order chi connectivity index (χ0) is 17.4. The van der Waals surface area contributed by atoms with Crippen LogP contribution in [-0.2, 0) is 7.05 Å². The minimum absolute atomic E-state index is 0.0193. The van der Waals surface area contributed by atoms with Crippen molar-refractivity contribution in [3.63, 3.8) is 0 Å². The van der Waals surface area contributed by atoms with E-state index in [2.05, 4.69) is 43.2 Å². The van der Waals surface area contributed by atoms with Gasteiger partial charge in [0.1, 0.15) is 11.3 Å². The number of aromatic nitrogens is 3. The number of aryl methyl sites for hydroxylation is 1. The van der Waals surface area contributed by atoms with E-state index >= 15 is 0 Å². The normalized spacial score (nSPS) is 15.0. The molecule has 1 saturated heterocycles. The Balaban J connectivity index is 1.78.